The molecule has 1 N–H and O–H groups in total. The normalized spacial score (nSPS) is 15.9. The van der Waals surface area contributed by atoms with Crippen LogP contribution in [-0.2, 0) is 6.18 Å². The number of hydrogen-bond acceptors (Lipinski definition) is 3. The largest absolute Gasteiger partial charge is 0.573 e. The van der Waals surface area contributed by atoms with E-state index in [1.54, 1.807) is 0 Å². The second-order valence-corrected chi connectivity index (χ2v) is 6.76. The van der Waals surface area contributed by atoms with Gasteiger partial charge in [-0.2, -0.15) is 13.2 Å². The minimum absolute atomic E-state index is 0.0905. The van der Waals surface area contributed by atoms with Gasteiger partial charge in [0.2, 0.25) is 0 Å². The van der Waals surface area contributed by atoms with Crippen LogP contribution in [0.15, 0.2) is 42.5 Å². The molecule has 1 fully saturated rings. The zero-order chi connectivity index (χ0) is 21.1. The summed E-state index contributed by atoms with van der Waals surface area (Å²) in [6.45, 7) is 1.71. The number of halogens is 6. The van der Waals surface area contributed by atoms with E-state index < -0.39 is 23.9 Å². The topological polar surface area (TPSA) is 30.5 Å². The zero-order valence-corrected chi connectivity index (χ0v) is 15.2. The van der Waals surface area contributed by atoms with Crippen molar-refractivity contribution in [2.24, 2.45) is 5.92 Å². The van der Waals surface area contributed by atoms with E-state index >= 15 is 0 Å². The highest BCUT2D eigenvalue weighted by Gasteiger charge is 2.35. The lowest BCUT2D eigenvalue weighted by Crippen LogP contribution is -2.30. The van der Waals surface area contributed by atoms with E-state index in [9.17, 15) is 26.3 Å². The Morgan fingerprint density at radius 1 is 0.897 bits per heavy atom. The van der Waals surface area contributed by atoms with Gasteiger partial charge < -0.3 is 14.8 Å². The van der Waals surface area contributed by atoms with E-state index in [1.807, 2.05) is 0 Å². The van der Waals surface area contributed by atoms with Crippen molar-refractivity contribution >= 4 is 0 Å². The van der Waals surface area contributed by atoms with Gasteiger partial charge in [-0.25, -0.2) is 0 Å². The maximum Gasteiger partial charge on any atom is 0.573 e. The first-order valence-electron chi connectivity index (χ1n) is 9.03. The molecule has 1 aliphatic rings. The molecule has 9 heteroatoms. The van der Waals surface area contributed by atoms with Crippen molar-refractivity contribution in [2.45, 2.75) is 25.4 Å². The molecule has 1 aliphatic heterocycles. The van der Waals surface area contributed by atoms with Crippen molar-refractivity contribution in [3.63, 3.8) is 0 Å². The van der Waals surface area contributed by atoms with Gasteiger partial charge in [0, 0.05) is 0 Å². The molecule has 0 bridgehead atoms. The maximum absolute atomic E-state index is 13.3. The van der Waals surface area contributed by atoms with E-state index in [0.29, 0.717) is 0 Å². The minimum Gasteiger partial charge on any atom is -0.489 e. The summed E-state index contributed by atoms with van der Waals surface area (Å²) in [6.07, 6.45) is -7.95. The fourth-order valence-corrected chi connectivity index (χ4v) is 3.24. The van der Waals surface area contributed by atoms with Crippen LogP contribution in [0, 0.1) is 5.92 Å². The number of alkyl halides is 6. The smallest absolute Gasteiger partial charge is 0.489 e. The second-order valence-electron chi connectivity index (χ2n) is 6.76. The van der Waals surface area contributed by atoms with E-state index in [1.165, 1.54) is 18.2 Å². The van der Waals surface area contributed by atoms with Gasteiger partial charge in [0.25, 0.3) is 0 Å². The van der Waals surface area contributed by atoms with Crippen molar-refractivity contribution < 1.29 is 35.8 Å². The molecule has 0 unspecified atom stereocenters. The van der Waals surface area contributed by atoms with Gasteiger partial charge in [-0.3, -0.25) is 0 Å². The average molecular weight is 419 g/mol. The zero-order valence-electron chi connectivity index (χ0n) is 15.2. The van der Waals surface area contributed by atoms with Crippen LogP contribution in [0.4, 0.5) is 26.3 Å². The molecular formula is C20H19F6NO2. The summed E-state index contributed by atoms with van der Waals surface area (Å²) in [6, 6.07) is 8.16. The molecule has 158 valence electrons. The summed E-state index contributed by atoms with van der Waals surface area (Å²) in [5.41, 5.74) is -0.938. The van der Waals surface area contributed by atoms with E-state index in [2.05, 4.69) is 10.1 Å². The first kappa shape index (κ1) is 21.3. The van der Waals surface area contributed by atoms with Crippen LogP contribution in [0.1, 0.15) is 18.4 Å². The SMILES string of the molecule is FC(F)(F)Oc1ccc(-c2ccccc2C(F)(F)F)cc1OCC1CCNCC1. The summed E-state index contributed by atoms with van der Waals surface area (Å²) in [4.78, 5) is 0. The Hall–Kier alpha value is -2.42. The van der Waals surface area contributed by atoms with Crippen LogP contribution in [0.25, 0.3) is 11.1 Å². The standard InChI is InChI=1S/C20H19F6NO2/c21-19(22,23)16-4-2-1-3-15(16)14-5-6-17(29-20(24,25)26)18(11-14)28-12-13-7-9-27-10-8-13/h1-6,11,13,27H,7-10,12H2. The second kappa shape index (κ2) is 8.52. The molecule has 3 rings (SSSR count). The van der Waals surface area contributed by atoms with Gasteiger partial charge in [0.05, 0.1) is 12.2 Å². The Morgan fingerprint density at radius 3 is 2.24 bits per heavy atom. The van der Waals surface area contributed by atoms with Crippen molar-refractivity contribution in [3.8, 4) is 22.6 Å². The molecule has 2 aromatic rings. The number of rotatable bonds is 5. The Morgan fingerprint density at radius 2 is 1.59 bits per heavy atom. The van der Waals surface area contributed by atoms with Crippen molar-refractivity contribution in [3.05, 3.63) is 48.0 Å². The number of piperidine rings is 1. The molecule has 3 nitrogen and oxygen atoms in total. The van der Waals surface area contributed by atoms with E-state index in [-0.39, 0.29) is 29.4 Å². The van der Waals surface area contributed by atoms with Gasteiger partial charge in [0.15, 0.2) is 11.5 Å². The van der Waals surface area contributed by atoms with Gasteiger partial charge in [-0.1, -0.05) is 24.3 Å². The van der Waals surface area contributed by atoms with Crippen molar-refractivity contribution in [1.82, 2.24) is 5.32 Å². The Labute approximate surface area is 163 Å². The third-order valence-electron chi connectivity index (χ3n) is 4.65. The highest BCUT2D eigenvalue weighted by molar-refractivity contribution is 5.71. The predicted octanol–water partition coefficient (Wildman–Crippen LogP) is 5.65. The van der Waals surface area contributed by atoms with Crippen LogP contribution < -0.4 is 14.8 Å². The van der Waals surface area contributed by atoms with Crippen molar-refractivity contribution in [2.75, 3.05) is 19.7 Å². The fraction of sp³-hybridized carbons (Fsp3) is 0.400. The predicted molar refractivity (Wildman–Crippen MR) is 94.7 cm³/mol. The third-order valence-corrected chi connectivity index (χ3v) is 4.65. The minimum atomic E-state index is -4.95. The summed E-state index contributed by atoms with van der Waals surface area (Å²) in [5, 5.41) is 3.17. The molecule has 0 atom stereocenters. The molecule has 1 saturated heterocycles. The van der Waals surface area contributed by atoms with Gasteiger partial charge in [0.1, 0.15) is 0 Å². The monoisotopic (exact) mass is 419 g/mol. The maximum atomic E-state index is 13.3. The molecule has 0 spiro atoms. The van der Waals surface area contributed by atoms with Crippen LogP contribution in [0.2, 0.25) is 0 Å². The number of benzene rings is 2. The first-order valence-corrected chi connectivity index (χ1v) is 9.03. The third kappa shape index (κ3) is 5.79. The lowest BCUT2D eigenvalue weighted by Gasteiger charge is -2.23. The van der Waals surface area contributed by atoms with Crippen LogP contribution in [-0.4, -0.2) is 26.1 Å². The highest BCUT2D eigenvalue weighted by Crippen LogP contribution is 2.41. The highest BCUT2D eigenvalue weighted by atomic mass is 19.4. The summed E-state index contributed by atoms with van der Waals surface area (Å²) in [5.74, 6) is -0.684. The van der Waals surface area contributed by atoms with Crippen LogP contribution in [0.5, 0.6) is 11.5 Å². The Balaban J connectivity index is 1.94. The molecule has 2 aromatic carbocycles. The van der Waals surface area contributed by atoms with Crippen molar-refractivity contribution in [1.29, 1.82) is 0 Å². The van der Waals surface area contributed by atoms with E-state index in [0.717, 1.165) is 50.2 Å². The molecule has 0 radical (unpaired) electrons. The summed E-state index contributed by atoms with van der Waals surface area (Å²) < 4.78 is 87.7. The molecule has 1 heterocycles. The molecule has 0 amide bonds. The lowest BCUT2D eigenvalue weighted by molar-refractivity contribution is -0.275. The summed E-state index contributed by atoms with van der Waals surface area (Å²) in [7, 11) is 0. The summed E-state index contributed by atoms with van der Waals surface area (Å²) >= 11 is 0. The quantitative estimate of drug-likeness (QED) is 0.636. The molecule has 0 aromatic heterocycles. The molecule has 0 saturated carbocycles. The number of nitrogens with one attached hydrogen (secondary N) is 1. The van der Waals surface area contributed by atoms with Gasteiger partial charge >= 0.3 is 12.5 Å². The molecular weight excluding hydrogens is 400 g/mol. The first-order chi connectivity index (χ1) is 13.6. The van der Waals surface area contributed by atoms with Crippen LogP contribution in [0.3, 0.4) is 0 Å². The Kier molecular flexibility index (Phi) is 6.26. The van der Waals surface area contributed by atoms with Crippen LogP contribution >= 0.6 is 0 Å². The molecule has 29 heavy (non-hydrogen) atoms. The number of hydrogen-bond donors (Lipinski definition) is 1. The Bertz CT molecular complexity index is 828. The average Bonchev–Trinajstić information content (AvgIpc) is 2.66. The lowest BCUT2D eigenvalue weighted by atomic mass is 9.98. The fourth-order valence-electron chi connectivity index (χ4n) is 3.24. The molecule has 0 aliphatic carbocycles. The number of ether oxygens (including phenoxy) is 2. The van der Waals surface area contributed by atoms with E-state index in [4.69, 9.17) is 4.74 Å². The van der Waals surface area contributed by atoms with Gasteiger partial charge in [-0.05, 0) is 61.2 Å². The van der Waals surface area contributed by atoms with Gasteiger partial charge in [-0.15, -0.1) is 13.2 Å².